The Hall–Kier alpha value is -2.16. The van der Waals surface area contributed by atoms with E-state index in [1.807, 2.05) is 42.9 Å². The predicted octanol–water partition coefficient (Wildman–Crippen LogP) is 3.46. The van der Waals surface area contributed by atoms with E-state index in [1.165, 1.54) is 30.5 Å². The summed E-state index contributed by atoms with van der Waals surface area (Å²) >= 11 is 0. The second-order valence-electron chi connectivity index (χ2n) is 5.07. The maximum absolute atomic E-state index is 4.42. The second-order valence-corrected chi connectivity index (χ2v) is 5.07. The maximum Gasteiger partial charge on any atom is 0.0650 e. The Morgan fingerprint density at radius 2 is 1.90 bits per heavy atom. The molecule has 3 rings (SSSR count). The van der Waals surface area contributed by atoms with Crippen LogP contribution in [0.15, 0.2) is 48.9 Å². The van der Waals surface area contributed by atoms with Gasteiger partial charge in [0.05, 0.1) is 5.69 Å². The zero-order valence-corrected chi connectivity index (χ0v) is 11.6. The normalized spacial score (nSPS) is 16.2. The van der Waals surface area contributed by atoms with E-state index >= 15 is 0 Å². The van der Waals surface area contributed by atoms with Crippen molar-refractivity contribution in [2.24, 2.45) is 0 Å². The molecule has 1 fully saturated rings. The average molecular weight is 265 g/mol. The number of hydrogen-bond donors (Lipinski definition) is 0. The first-order valence-electron chi connectivity index (χ1n) is 7.21. The lowest BCUT2D eigenvalue weighted by atomic mass is 10.1. The van der Waals surface area contributed by atoms with Crippen LogP contribution in [-0.2, 0) is 0 Å². The van der Waals surface area contributed by atoms with Crippen molar-refractivity contribution >= 4 is 11.8 Å². The Labute approximate surface area is 120 Å². The van der Waals surface area contributed by atoms with Gasteiger partial charge in [0.2, 0.25) is 0 Å². The summed E-state index contributed by atoms with van der Waals surface area (Å²) in [6, 6.07) is 10.1. The molecule has 3 heteroatoms. The van der Waals surface area contributed by atoms with Gasteiger partial charge in [-0.1, -0.05) is 6.07 Å². The van der Waals surface area contributed by atoms with E-state index in [0.717, 1.165) is 18.8 Å². The van der Waals surface area contributed by atoms with E-state index in [0.29, 0.717) is 0 Å². The van der Waals surface area contributed by atoms with Crippen LogP contribution in [0.1, 0.15) is 30.5 Å². The third-order valence-corrected chi connectivity index (χ3v) is 3.63. The van der Waals surface area contributed by atoms with Crippen molar-refractivity contribution in [1.29, 1.82) is 0 Å². The first kappa shape index (κ1) is 12.9. The Morgan fingerprint density at radius 1 is 1.00 bits per heavy atom. The highest BCUT2D eigenvalue weighted by atomic mass is 15.1. The highest BCUT2D eigenvalue weighted by Crippen LogP contribution is 2.24. The van der Waals surface area contributed by atoms with Crippen LogP contribution in [0, 0.1) is 0 Å². The minimum atomic E-state index is 0.997. The third kappa shape index (κ3) is 3.05. The van der Waals surface area contributed by atoms with Crippen LogP contribution in [0.5, 0.6) is 0 Å². The highest BCUT2D eigenvalue weighted by molar-refractivity contribution is 5.79. The summed E-state index contributed by atoms with van der Waals surface area (Å²) in [6.45, 7) is 2.24. The van der Waals surface area contributed by atoms with Gasteiger partial charge in [0.25, 0.3) is 0 Å². The SMILES string of the molecule is C(=C(c1cccnc1)N1CCCCC1)c1ccccn1. The molecule has 0 saturated carbocycles. The molecule has 0 aliphatic carbocycles. The van der Waals surface area contributed by atoms with Crippen LogP contribution in [0.2, 0.25) is 0 Å². The molecule has 20 heavy (non-hydrogen) atoms. The van der Waals surface area contributed by atoms with Crippen LogP contribution in [-0.4, -0.2) is 28.0 Å². The lowest BCUT2D eigenvalue weighted by molar-refractivity contribution is 0.327. The fourth-order valence-corrected chi connectivity index (χ4v) is 2.61. The van der Waals surface area contributed by atoms with Crippen molar-refractivity contribution in [2.45, 2.75) is 19.3 Å². The molecule has 0 amide bonds. The summed E-state index contributed by atoms with van der Waals surface area (Å²) < 4.78 is 0. The Bertz CT molecular complexity index is 557. The Kier molecular flexibility index (Phi) is 4.07. The van der Waals surface area contributed by atoms with Gasteiger partial charge in [-0.25, -0.2) is 0 Å². The maximum atomic E-state index is 4.42. The summed E-state index contributed by atoms with van der Waals surface area (Å²) in [5.41, 5.74) is 3.40. The first-order valence-corrected chi connectivity index (χ1v) is 7.21. The fraction of sp³-hybridized carbons (Fsp3) is 0.294. The van der Waals surface area contributed by atoms with Gasteiger partial charge in [-0.15, -0.1) is 0 Å². The van der Waals surface area contributed by atoms with Crippen molar-refractivity contribution in [2.75, 3.05) is 13.1 Å². The van der Waals surface area contributed by atoms with Gasteiger partial charge >= 0.3 is 0 Å². The molecular weight excluding hydrogens is 246 g/mol. The number of pyridine rings is 2. The minimum absolute atomic E-state index is 0.997. The zero-order chi connectivity index (χ0) is 13.6. The number of hydrogen-bond acceptors (Lipinski definition) is 3. The molecule has 1 aliphatic rings. The first-order chi connectivity index (χ1) is 9.93. The van der Waals surface area contributed by atoms with Gasteiger partial charge in [-0.3, -0.25) is 9.97 Å². The molecule has 0 N–H and O–H groups in total. The van der Waals surface area contributed by atoms with Crippen LogP contribution in [0.25, 0.3) is 11.8 Å². The summed E-state index contributed by atoms with van der Waals surface area (Å²) in [5, 5.41) is 0. The number of piperidine rings is 1. The minimum Gasteiger partial charge on any atom is -0.371 e. The van der Waals surface area contributed by atoms with E-state index in [-0.39, 0.29) is 0 Å². The van der Waals surface area contributed by atoms with Crippen LogP contribution < -0.4 is 0 Å². The van der Waals surface area contributed by atoms with Gasteiger partial charge in [0.15, 0.2) is 0 Å². The van der Waals surface area contributed by atoms with Crippen LogP contribution in [0.4, 0.5) is 0 Å². The lowest BCUT2D eigenvalue weighted by Gasteiger charge is -2.31. The highest BCUT2D eigenvalue weighted by Gasteiger charge is 2.15. The molecule has 0 radical (unpaired) electrons. The number of rotatable bonds is 3. The standard InChI is InChI=1S/C17H19N3/c1-4-11-20(12-5-1)17(15-7-6-9-18-14-15)13-16-8-2-3-10-19-16/h2-3,6-10,13-14H,1,4-5,11-12H2. The molecular formula is C17H19N3. The van der Waals surface area contributed by atoms with E-state index in [4.69, 9.17) is 0 Å². The summed E-state index contributed by atoms with van der Waals surface area (Å²) in [6.07, 6.45) is 11.6. The predicted molar refractivity (Wildman–Crippen MR) is 81.8 cm³/mol. The van der Waals surface area contributed by atoms with Gasteiger partial charge in [0.1, 0.15) is 0 Å². The monoisotopic (exact) mass is 265 g/mol. The van der Waals surface area contributed by atoms with E-state index in [2.05, 4.69) is 27.0 Å². The van der Waals surface area contributed by atoms with Gasteiger partial charge in [0, 0.05) is 42.9 Å². The molecule has 0 spiro atoms. The van der Waals surface area contributed by atoms with Crippen LogP contribution >= 0.6 is 0 Å². The summed E-state index contributed by atoms with van der Waals surface area (Å²) in [7, 11) is 0. The molecule has 2 aromatic rings. The molecule has 0 aromatic carbocycles. The second kappa shape index (κ2) is 6.33. The smallest absolute Gasteiger partial charge is 0.0650 e. The van der Waals surface area contributed by atoms with Crippen molar-refractivity contribution in [3.63, 3.8) is 0 Å². The summed E-state index contributed by atoms with van der Waals surface area (Å²) in [5.74, 6) is 0. The van der Waals surface area contributed by atoms with Gasteiger partial charge in [-0.2, -0.15) is 0 Å². The lowest BCUT2D eigenvalue weighted by Crippen LogP contribution is -2.28. The zero-order valence-electron chi connectivity index (χ0n) is 11.6. The van der Waals surface area contributed by atoms with Crippen molar-refractivity contribution in [3.8, 4) is 0 Å². The molecule has 1 aliphatic heterocycles. The molecule has 2 aromatic heterocycles. The molecule has 3 heterocycles. The Balaban J connectivity index is 1.97. The van der Waals surface area contributed by atoms with E-state index in [9.17, 15) is 0 Å². The number of nitrogens with zero attached hydrogens (tertiary/aromatic N) is 3. The number of likely N-dealkylation sites (tertiary alicyclic amines) is 1. The third-order valence-electron chi connectivity index (χ3n) is 3.63. The molecule has 0 bridgehead atoms. The van der Waals surface area contributed by atoms with E-state index in [1.54, 1.807) is 0 Å². The van der Waals surface area contributed by atoms with Crippen molar-refractivity contribution in [3.05, 3.63) is 60.2 Å². The molecule has 3 nitrogen and oxygen atoms in total. The number of aromatic nitrogens is 2. The molecule has 0 atom stereocenters. The Morgan fingerprint density at radius 3 is 2.60 bits per heavy atom. The molecule has 0 unspecified atom stereocenters. The van der Waals surface area contributed by atoms with E-state index < -0.39 is 0 Å². The van der Waals surface area contributed by atoms with Crippen molar-refractivity contribution in [1.82, 2.24) is 14.9 Å². The fourth-order valence-electron chi connectivity index (χ4n) is 2.61. The largest absolute Gasteiger partial charge is 0.371 e. The summed E-state index contributed by atoms with van der Waals surface area (Å²) in [4.78, 5) is 11.1. The van der Waals surface area contributed by atoms with Gasteiger partial charge < -0.3 is 4.90 Å². The average Bonchev–Trinajstić information content (AvgIpc) is 2.55. The van der Waals surface area contributed by atoms with Gasteiger partial charge in [-0.05, 0) is 49.6 Å². The molecule has 1 saturated heterocycles. The topological polar surface area (TPSA) is 29.0 Å². The van der Waals surface area contributed by atoms with Crippen LogP contribution in [0.3, 0.4) is 0 Å². The molecule has 102 valence electrons. The van der Waals surface area contributed by atoms with Crippen molar-refractivity contribution < 1.29 is 0 Å². The quantitative estimate of drug-likeness (QED) is 0.851.